The number of rotatable bonds is 5. The van der Waals surface area contributed by atoms with E-state index in [0.29, 0.717) is 17.7 Å². The zero-order chi connectivity index (χ0) is 17.6. The fraction of sp³-hybridized carbons (Fsp3) is 0.0952. The lowest BCUT2D eigenvalue weighted by Crippen LogP contribution is -2.08. The van der Waals surface area contributed by atoms with Crippen LogP contribution in [0.2, 0.25) is 0 Å². The van der Waals surface area contributed by atoms with E-state index in [2.05, 4.69) is 5.32 Å². The summed E-state index contributed by atoms with van der Waals surface area (Å²) >= 11 is 0. The molecule has 0 bridgehead atoms. The van der Waals surface area contributed by atoms with E-state index in [1.807, 2.05) is 49.4 Å². The van der Waals surface area contributed by atoms with Gasteiger partial charge in [0.05, 0.1) is 6.61 Å². The van der Waals surface area contributed by atoms with Crippen LogP contribution in [0, 0.1) is 0 Å². The van der Waals surface area contributed by atoms with Gasteiger partial charge < -0.3 is 15.2 Å². The van der Waals surface area contributed by atoms with Crippen molar-refractivity contribution in [3.8, 4) is 11.5 Å². The first-order valence-electron chi connectivity index (χ1n) is 8.10. The van der Waals surface area contributed by atoms with E-state index in [1.165, 1.54) is 6.08 Å². The molecule has 0 aliphatic heterocycles. The first-order chi connectivity index (χ1) is 12.2. The van der Waals surface area contributed by atoms with Crippen LogP contribution in [0.1, 0.15) is 12.5 Å². The standard InChI is InChI=1S/C21H19NO3/c1-2-25-16-12-9-15(10-13-16)11-14-21(24)22-19-7-3-6-18-17(19)5-4-8-20(18)23/h3-14,23H,2H2,1H3,(H,22,24)/b14-11+. The molecule has 2 N–H and O–H groups in total. The molecular weight excluding hydrogens is 314 g/mol. The third-order valence-corrected chi connectivity index (χ3v) is 3.78. The first-order valence-corrected chi connectivity index (χ1v) is 8.10. The molecule has 1 amide bonds. The monoisotopic (exact) mass is 333 g/mol. The van der Waals surface area contributed by atoms with Crippen LogP contribution in [-0.4, -0.2) is 17.6 Å². The predicted molar refractivity (Wildman–Crippen MR) is 101 cm³/mol. The van der Waals surface area contributed by atoms with Crippen LogP contribution in [0.4, 0.5) is 5.69 Å². The second kappa shape index (κ2) is 7.53. The number of phenols is 1. The van der Waals surface area contributed by atoms with Crippen molar-refractivity contribution in [2.75, 3.05) is 11.9 Å². The van der Waals surface area contributed by atoms with E-state index in [0.717, 1.165) is 16.7 Å². The van der Waals surface area contributed by atoms with Crippen molar-refractivity contribution in [2.24, 2.45) is 0 Å². The summed E-state index contributed by atoms with van der Waals surface area (Å²) in [6.45, 7) is 2.56. The molecule has 0 unspecified atom stereocenters. The summed E-state index contributed by atoms with van der Waals surface area (Å²) in [4.78, 5) is 12.2. The maximum absolute atomic E-state index is 12.2. The van der Waals surface area contributed by atoms with E-state index in [1.54, 1.807) is 24.3 Å². The van der Waals surface area contributed by atoms with Crippen molar-refractivity contribution in [1.29, 1.82) is 0 Å². The van der Waals surface area contributed by atoms with Crippen LogP contribution in [-0.2, 0) is 4.79 Å². The van der Waals surface area contributed by atoms with Crippen molar-refractivity contribution in [1.82, 2.24) is 0 Å². The van der Waals surface area contributed by atoms with E-state index >= 15 is 0 Å². The Balaban J connectivity index is 1.73. The normalized spacial score (nSPS) is 10.9. The van der Waals surface area contributed by atoms with Gasteiger partial charge in [0.25, 0.3) is 0 Å². The molecule has 3 aromatic carbocycles. The number of hydrogen-bond acceptors (Lipinski definition) is 3. The topological polar surface area (TPSA) is 58.6 Å². The Kier molecular flexibility index (Phi) is 5.00. The molecular formula is C21H19NO3. The fourth-order valence-corrected chi connectivity index (χ4v) is 2.59. The lowest BCUT2D eigenvalue weighted by Gasteiger charge is -2.08. The minimum absolute atomic E-state index is 0.193. The zero-order valence-corrected chi connectivity index (χ0v) is 13.9. The number of hydrogen-bond donors (Lipinski definition) is 2. The molecule has 25 heavy (non-hydrogen) atoms. The SMILES string of the molecule is CCOc1ccc(/C=C/C(=O)Nc2cccc3c(O)cccc23)cc1. The van der Waals surface area contributed by atoms with Gasteiger partial charge in [0.15, 0.2) is 0 Å². The molecule has 0 spiro atoms. The van der Waals surface area contributed by atoms with Crippen LogP contribution in [0.3, 0.4) is 0 Å². The third kappa shape index (κ3) is 3.98. The largest absolute Gasteiger partial charge is 0.507 e. The summed E-state index contributed by atoms with van der Waals surface area (Å²) in [6.07, 6.45) is 3.23. The molecule has 3 rings (SSSR count). The average molecular weight is 333 g/mol. The fourth-order valence-electron chi connectivity index (χ4n) is 2.59. The molecule has 0 saturated carbocycles. The molecule has 0 saturated heterocycles. The summed E-state index contributed by atoms with van der Waals surface area (Å²) in [5.74, 6) is 0.767. The number of phenolic OH excluding ortho intramolecular Hbond substituents is 1. The van der Waals surface area contributed by atoms with Crippen LogP contribution in [0.15, 0.2) is 66.7 Å². The number of anilines is 1. The van der Waals surface area contributed by atoms with E-state index in [9.17, 15) is 9.90 Å². The number of fused-ring (bicyclic) bond motifs is 1. The number of carbonyl (C=O) groups excluding carboxylic acids is 1. The Bertz CT molecular complexity index is 914. The van der Waals surface area contributed by atoms with Gasteiger partial charge in [0, 0.05) is 22.5 Å². The van der Waals surface area contributed by atoms with Gasteiger partial charge in [-0.1, -0.05) is 36.4 Å². The van der Waals surface area contributed by atoms with Crippen LogP contribution < -0.4 is 10.1 Å². The van der Waals surface area contributed by atoms with Gasteiger partial charge in [-0.15, -0.1) is 0 Å². The molecule has 3 aromatic rings. The van der Waals surface area contributed by atoms with Crippen molar-refractivity contribution in [3.05, 3.63) is 72.3 Å². The molecule has 0 heterocycles. The van der Waals surface area contributed by atoms with Gasteiger partial charge in [-0.25, -0.2) is 0 Å². The second-order valence-electron chi connectivity index (χ2n) is 5.50. The number of carbonyl (C=O) groups is 1. The molecule has 4 heteroatoms. The molecule has 126 valence electrons. The Hall–Kier alpha value is -3.27. The lowest BCUT2D eigenvalue weighted by molar-refractivity contribution is -0.111. The Morgan fingerprint density at radius 1 is 1.04 bits per heavy atom. The van der Waals surface area contributed by atoms with Crippen molar-refractivity contribution >= 4 is 28.4 Å². The Morgan fingerprint density at radius 3 is 2.52 bits per heavy atom. The number of ether oxygens (including phenoxy) is 1. The van der Waals surface area contributed by atoms with E-state index < -0.39 is 0 Å². The Morgan fingerprint density at radius 2 is 1.76 bits per heavy atom. The minimum Gasteiger partial charge on any atom is -0.507 e. The van der Waals surface area contributed by atoms with Gasteiger partial charge >= 0.3 is 0 Å². The van der Waals surface area contributed by atoms with Crippen LogP contribution in [0.25, 0.3) is 16.8 Å². The molecule has 0 aliphatic carbocycles. The molecule has 0 fully saturated rings. The lowest BCUT2D eigenvalue weighted by atomic mass is 10.1. The van der Waals surface area contributed by atoms with Crippen molar-refractivity contribution < 1.29 is 14.6 Å². The number of amides is 1. The van der Waals surface area contributed by atoms with Gasteiger partial charge in [-0.05, 0) is 42.8 Å². The van der Waals surface area contributed by atoms with E-state index in [-0.39, 0.29) is 11.7 Å². The summed E-state index contributed by atoms with van der Waals surface area (Å²) in [7, 11) is 0. The maximum atomic E-state index is 12.2. The first kappa shape index (κ1) is 16.6. The summed E-state index contributed by atoms with van der Waals surface area (Å²) in [5, 5.41) is 14.3. The number of nitrogens with one attached hydrogen (secondary N) is 1. The maximum Gasteiger partial charge on any atom is 0.248 e. The number of aromatic hydroxyl groups is 1. The van der Waals surface area contributed by atoms with Gasteiger partial charge in [-0.2, -0.15) is 0 Å². The van der Waals surface area contributed by atoms with Crippen molar-refractivity contribution in [2.45, 2.75) is 6.92 Å². The van der Waals surface area contributed by atoms with Gasteiger partial charge in [0.1, 0.15) is 11.5 Å². The molecule has 0 atom stereocenters. The molecule has 0 aliphatic rings. The highest BCUT2D eigenvalue weighted by atomic mass is 16.5. The second-order valence-corrected chi connectivity index (χ2v) is 5.50. The quantitative estimate of drug-likeness (QED) is 0.671. The van der Waals surface area contributed by atoms with Crippen LogP contribution >= 0.6 is 0 Å². The zero-order valence-electron chi connectivity index (χ0n) is 13.9. The highest BCUT2D eigenvalue weighted by Crippen LogP contribution is 2.29. The van der Waals surface area contributed by atoms with Crippen LogP contribution in [0.5, 0.6) is 11.5 Å². The smallest absolute Gasteiger partial charge is 0.248 e. The van der Waals surface area contributed by atoms with Crippen molar-refractivity contribution in [3.63, 3.8) is 0 Å². The highest BCUT2D eigenvalue weighted by Gasteiger charge is 2.05. The molecule has 0 aromatic heterocycles. The average Bonchev–Trinajstić information content (AvgIpc) is 2.62. The molecule has 0 radical (unpaired) electrons. The highest BCUT2D eigenvalue weighted by molar-refractivity contribution is 6.08. The third-order valence-electron chi connectivity index (χ3n) is 3.78. The summed E-state index contributed by atoms with van der Waals surface area (Å²) in [5.41, 5.74) is 1.57. The van der Waals surface area contributed by atoms with E-state index in [4.69, 9.17) is 4.74 Å². The van der Waals surface area contributed by atoms with Gasteiger partial charge in [-0.3, -0.25) is 4.79 Å². The summed E-state index contributed by atoms with van der Waals surface area (Å²) < 4.78 is 5.39. The predicted octanol–water partition coefficient (Wildman–Crippen LogP) is 4.60. The minimum atomic E-state index is -0.232. The summed E-state index contributed by atoms with van der Waals surface area (Å²) in [6, 6.07) is 18.2. The molecule has 4 nitrogen and oxygen atoms in total. The van der Waals surface area contributed by atoms with Gasteiger partial charge in [0.2, 0.25) is 5.91 Å². The Labute approximate surface area is 146 Å². The number of benzene rings is 3.